The molecule has 1 heterocycles. The van der Waals surface area contributed by atoms with E-state index in [9.17, 15) is 4.79 Å². The monoisotopic (exact) mass is 294 g/mol. The SMILES string of the molecule is NC(=S)c1ccccc1NC(=O)COCC1CCOC1. The first-order valence-corrected chi connectivity index (χ1v) is 6.92. The third kappa shape index (κ3) is 4.26. The molecule has 1 amide bonds. The van der Waals surface area contributed by atoms with Gasteiger partial charge in [0.1, 0.15) is 11.6 Å². The van der Waals surface area contributed by atoms with Crippen molar-refractivity contribution in [2.24, 2.45) is 11.7 Å². The summed E-state index contributed by atoms with van der Waals surface area (Å²) in [6, 6.07) is 7.17. The molecule has 1 saturated heterocycles. The molecule has 1 fully saturated rings. The Morgan fingerprint density at radius 3 is 3.00 bits per heavy atom. The molecule has 6 heteroatoms. The van der Waals surface area contributed by atoms with Crippen LogP contribution in [0.25, 0.3) is 0 Å². The van der Waals surface area contributed by atoms with Crippen LogP contribution in [-0.2, 0) is 14.3 Å². The van der Waals surface area contributed by atoms with Crippen molar-refractivity contribution in [3.05, 3.63) is 29.8 Å². The Kier molecular flexibility index (Phi) is 5.46. The van der Waals surface area contributed by atoms with E-state index >= 15 is 0 Å². The molecule has 0 aromatic heterocycles. The molecule has 1 aliphatic rings. The predicted octanol–water partition coefficient (Wildman–Crippen LogP) is 1.31. The second-order valence-electron chi connectivity index (χ2n) is 4.70. The molecular weight excluding hydrogens is 276 g/mol. The third-order valence-corrected chi connectivity index (χ3v) is 3.30. The van der Waals surface area contributed by atoms with Crippen molar-refractivity contribution in [3.8, 4) is 0 Å². The van der Waals surface area contributed by atoms with Crippen LogP contribution >= 0.6 is 12.2 Å². The van der Waals surface area contributed by atoms with Crippen molar-refractivity contribution in [2.45, 2.75) is 6.42 Å². The van der Waals surface area contributed by atoms with Gasteiger partial charge in [0, 0.05) is 18.1 Å². The van der Waals surface area contributed by atoms with Crippen LogP contribution in [0.4, 0.5) is 5.69 Å². The lowest BCUT2D eigenvalue weighted by Crippen LogP contribution is -2.23. The van der Waals surface area contributed by atoms with Gasteiger partial charge in [0.05, 0.1) is 18.9 Å². The molecule has 0 radical (unpaired) electrons. The summed E-state index contributed by atoms with van der Waals surface area (Å²) in [5.74, 6) is 0.180. The standard InChI is InChI=1S/C14H18N2O3S/c15-14(20)11-3-1-2-4-12(11)16-13(17)9-19-8-10-5-6-18-7-10/h1-4,10H,5-9H2,(H2,15,20)(H,16,17). The van der Waals surface area contributed by atoms with Gasteiger partial charge in [0.15, 0.2) is 0 Å². The number of ether oxygens (including phenoxy) is 2. The van der Waals surface area contributed by atoms with E-state index in [2.05, 4.69) is 5.32 Å². The van der Waals surface area contributed by atoms with Crippen LogP contribution in [0.15, 0.2) is 24.3 Å². The highest BCUT2D eigenvalue weighted by atomic mass is 32.1. The first kappa shape index (κ1) is 14.9. The fraction of sp³-hybridized carbons (Fsp3) is 0.429. The molecular formula is C14H18N2O3S. The molecule has 3 N–H and O–H groups in total. The molecule has 0 bridgehead atoms. The number of hydrogen-bond acceptors (Lipinski definition) is 4. The first-order valence-electron chi connectivity index (χ1n) is 6.51. The number of nitrogens with one attached hydrogen (secondary N) is 1. The van der Waals surface area contributed by atoms with Crippen molar-refractivity contribution < 1.29 is 14.3 Å². The van der Waals surface area contributed by atoms with Gasteiger partial charge in [-0.25, -0.2) is 0 Å². The van der Waals surface area contributed by atoms with E-state index in [0.717, 1.165) is 13.0 Å². The number of benzene rings is 1. The quantitative estimate of drug-likeness (QED) is 0.774. The van der Waals surface area contributed by atoms with Crippen LogP contribution in [0.3, 0.4) is 0 Å². The highest BCUT2D eigenvalue weighted by Gasteiger charge is 2.16. The summed E-state index contributed by atoms with van der Waals surface area (Å²) >= 11 is 4.94. The van der Waals surface area contributed by atoms with Gasteiger partial charge in [-0.05, 0) is 18.6 Å². The van der Waals surface area contributed by atoms with Crippen LogP contribution in [0.5, 0.6) is 0 Å². The number of rotatable bonds is 6. The minimum atomic E-state index is -0.215. The van der Waals surface area contributed by atoms with Crippen molar-refractivity contribution >= 4 is 28.8 Å². The van der Waals surface area contributed by atoms with Gasteiger partial charge in [-0.15, -0.1) is 0 Å². The summed E-state index contributed by atoms with van der Waals surface area (Å²) in [4.78, 5) is 12.1. The van der Waals surface area contributed by atoms with Gasteiger partial charge in [0.25, 0.3) is 0 Å². The van der Waals surface area contributed by atoms with Crippen LogP contribution < -0.4 is 11.1 Å². The average molecular weight is 294 g/mol. The molecule has 2 rings (SSSR count). The Morgan fingerprint density at radius 2 is 2.30 bits per heavy atom. The average Bonchev–Trinajstić information content (AvgIpc) is 2.92. The first-order chi connectivity index (χ1) is 9.66. The number of anilines is 1. The summed E-state index contributed by atoms with van der Waals surface area (Å²) in [7, 11) is 0. The van der Waals surface area contributed by atoms with E-state index in [1.165, 1.54) is 0 Å². The Hall–Kier alpha value is -1.50. The normalized spacial score (nSPS) is 17.9. The van der Waals surface area contributed by atoms with Crippen molar-refractivity contribution in [3.63, 3.8) is 0 Å². The largest absolute Gasteiger partial charge is 0.389 e. The zero-order valence-electron chi connectivity index (χ0n) is 11.1. The minimum Gasteiger partial charge on any atom is -0.389 e. The zero-order valence-corrected chi connectivity index (χ0v) is 11.9. The Morgan fingerprint density at radius 1 is 1.50 bits per heavy atom. The molecule has 20 heavy (non-hydrogen) atoms. The molecule has 0 aliphatic carbocycles. The van der Waals surface area contributed by atoms with E-state index in [1.54, 1.807) is 12.1 Å². The molecule has 1 aliphatic heterocycles. The van der Waals surface area contributed by atoms with Gasteiger partial charge < -0.3 is 20.5 Å². The maximum Gasteiger partial charge on any atom is 0.250 e. The lowest BCUT2D eigenvalue weighted by Gasteiger charge is -2.11. The fourth-order valence-electron chi connectivity index (χ4n) is 2.03. The smallest absolute Gasteiger partial charge is 0.250 e. The summed E-state index contributed by atoms with van der Waals surface area (Å²) in [5.41, 5.74) is 6.87. The molecule has 1 unspecified atom stereocenters. The van der Waals surface area contributed by atoms with E-state index < -0.39 is 0 Å². The lowest BCUT2D eigenvalue weighted by atomic mass is 10.1. The van der Waals surface area contributed by atoms with Crippen molar-refractivity contribution in [2.75, 3.05) is 31.7 Å². The summed E-state index contributed by atoms with van der Waals surface area (Å²) in [6.45, 7) is 2.06. The van der Waals surface area contributed by atoms with Gasteiger partial charge in [-0.2, -0.15) is 0 Å². The minimum absolute atomic E-state index is 0.0160. The van der Waals surface area contributed by atoms with E-state index in [1.807, 2.05) is 12.1 Å². The number of para-hydroxylation sites is 1. The summed E-state index contributed by atoms with van der Waals surface area (Å²) in [6.07, 6.45) is 0.992. The summed E-state index contributed by atoms with van der Waals surface area (Å²) in [5, 5.41) is 2.75. The molecule has 1 aromatic carbocycles. The van der Waals surface area contributed by atoms with Crippen LogP contribution in [0.2, 0.25) is 0 Å². The highest BCUT2D eigenvalue weighted by molar-refractivity contribution is 7.80. The summed E-state index contributed by atoms with van der Waals surface area (Å²) < 4.78 is 10.6. The molecule has 108 valence electrons. The number of nitrogens with two attached hydrogens (primary N) is 1. The maximum absolute atomic E-state index is 11.8. The predicted molar refractivity (Wildman–Crippen MR) is 80.7 cm³/mol. The van der Waals surface area contributed by atoms with Gasteiger partial charge in [-0.1, -0.05) is 24.4 Å². The Labute approximate surface area is 123 Å². The van der Waals surface area contributed by atoms with Crippen LogP contribution in [0, 0.1) is 5.92 Å². The van der Waals surface area contributed by atoms with Crippen LogP contribution in [0.1, 0.15) is 12.0 Å². The number of hydrogen-bond donors (Lipinski definition) is 2. The molecule has 5 nitrogen and oxygen atoms in total. The third-order valence-electron chi connectivity index (χ3n) is 3.08. The second kappa shape index (κ2) is 7.33. The number of carbonyl (C=O) groups is 1. The van der Waals surface area contributed by atoms with E-state index in [-0.39, 0.29) is 17.5 Å². The van der Waals surface area contributed by atoms with Crippen molar-refractivity contribution in [1.82, 2.24) is 0 Å². The molecule has 1 aromatic rings. The molecule has 0 spiro atoms. The molecule has 1 atom stereocenters. The fourth-order valence-corrected chi connectivity index (χ4v) is 2.20. The van der Waals surface area contributed by atoms with E-state index in [4.69, 9.17) is 27.4 Å². The zero-order chi connectivity index (χ0) is 14.4. The number of amides is 1. The Balaban J connectivity index is 1.80. The van der Waals surface area contributed by atoms with E-state index in [0.29, 0.717) is 30.4 Å². The maximum atomic E-state index is 11.8. The topological polar surface area (TPSA) is 73.6 Å². The van der Waals surface area contributed by atoms with Crippen molar-refractivity contribution in [1.29, 1.82) is 0 Å². The van der Waals surface area contributed by atoms with Gasteiger partial charge >= 0.3 is 0 Å². The van der Waals surface area contributed by atoms with Gasteiger partial charge in [0.2, 0.25) is 5.91 Å². The second-order valence-corrected chi connectivity index (χ2v) is 5.14. The lowest BCUT2D eigenvalue weighted by molar-refractivity contribution is -0.121. The van der Waals surface area contributed by atoms with Crippen LogP contribution in [-0.4, -0.2) is 37.3 Å². The molecule has 0 saturated carbocycles. The Bertz CT molecular complexity index is 487. The number of thiocarbonyl (C=S) groups is 1. The van der Waals surface area contributed by atoms with Gasteiger partial charge in [-0.3, -0.25) is 4.79 Å². The highest BCUT2D eigenvalue weighted by Crippen LogP contribution is 2.15. The number of carbonyl (C=O) groups excluding carboxylic acids is 1.